The Bertz CT molecular complexity index is 515. The fourth-order valence-electron chi connectivity index (χ4n) is 1.99. The number of anilines is 2. The monoisotopic (exact) mass is 264 g/mol. The highest BCUT2D eigenvalue weighted by atomic mass is 16.5. The molecule has 0 saturated heterocycles. The number of ether oxygens (including phenoxy) is 2. The number of para-hydroxylation sites is 1. The van der Waals surface area contributed by atoms with Crippen molar-refractivity contribution in [3.63, 3.8) is 0 Å². The summed E-state index contributed by atoms with van der Waals surface area (Å²) in [7, 11) is 0. The molecule has 0 radical (unpaired) electrons. The van der Waals surface area contributed by atoms with Gasteiger partial charge in [-0.05, 0) is 26.0 Å². The molecule has 19 heavy (non-hydrogen) atoms. The Kier molecular flexibility index (Phi) is 3.59. The first kappa shape index (κ1) is 13.2. The van der Waals surface area contributed by atoms with E-state index in [4.69, 9.17) is 15.2 Å². The molecule has 2 rings (SSSR count). The van der Waals surface area contributed by atoms with E-state index in [1.165, 1.54) is 4.90 Å². The number of esters is 1. The minimum absolute atomic E-state index is 0.165. The Labute approximate surface area is 111 Å². The Morgan fingerprint density at radius 1 is 1.53 bits per heavy atom. The third-order valence-electron chi connectivity index (χ3n) is 2.81. The van der Waals surface area contributed by atoms with E-state index in [0.717, 1.165) is 0 Å². The Morgan fingerprint density at radius 3 is 2.95 bits per heavy atom. The molecular weight excluding hydrogens is 248 g/mol. The molecule has 0 aliphatic carbocycles. The van der Waals surface area contributed by atoms with E-state index in [-0.39, 0.29) is 19.1 Å². The lowest BCUT2D eigenvalue weighted by molar-refractivity contribution is -0.143. The summed E-state index contributed by atoms with van der Waals surface area (Å²) < 4.78 is 10.3. The van der Waals surface area contributed by atoms with Crippen molar-refractivity contribution in [2.45, 2.75) is 20.0 Å². The number of hydrogen-bond acceptors (Lipinski definition) is 5. The third-order valence-corrected chi connectivity index (χ3v) is 2.81. The molecule has 1 aliphatic heterocycles. The maximum atomic E-state index is 12.1. The van der Waals surface area contributed by atoms with E-state index in [1.54, 1.807) is 32.0 Å². The molecule has 1 aromatic rings. The predicted molar refractivity (Wildman–Crippen MR) is 69.9 cm³/mol. The highest BCUT2D eigenvalue weighted by Crippen LogP contribution is 2.38. The van der Waals surface area contributed by atoms with E-state index in [9.17, 15) is 9.59 Å². The van der Waals surface area contributed by atoms with Gasteiger partial charge < -0.3 is 15.2 Å². The number of nitrogens with zero attached hydrogens (tertiary/aromatic N) is 1. The highest BCUT2D eigenvalue weighted by molar-refractivity contribution is 6.05. The topological polar surface area (TPSA) is 81.9 Å². The third kappa shape index (κ3) is 2.47. The molecule has 6 nitrogen and oxygen atoms in total. The van der Waals surface area contributed by atoms with Crippen LogP contribution in [0.4, 0.5) is 11.4 Å². The second-order valence-corrected chi connectivity index (χ2v) is 4.18. The van der Waals surface area contributed by atoms with Crippen molar-refractivity contribution in [2.24, 2.45) is 0 Å². The summed E-state index contributed by atoms with van der Waals surface area (Å²) in [5.74, 6) is -0.283. The molecule has 0 bridgehead atoms. The van der Waals surface area contributed by atoms with Gasteiger partial charge in [0.1, 0.15) is 18.0 Å². The number of hydrogen-bond donors (Lipinski definition) is 1. The number of carbonyl (C=O) groups is 2. The zero-order valence-electron chi connectivity index (χ0n) is 10.9. The van der Waals surface area contributed by atoms with Crippen LogP contribution >= 0.6 is 0 Å². The Balaban J connectivity index is 2.36. The van der Waals surface area contributed by atoms with Crippen LogP contribution in [0, 0.1) is 0 Å². The number of rotatable bonds is 3. The second kappa shape index (κ2) is 5.17. The van der Waals surface area contributed by atoms with Crippen molar-refractivity contribution in [3.05, 3.63) is 18.2 Å². The van der Waals surface area contributed by atoms with Gasteiger partial charge >= 0.3 is 5.97 Å². The maximum Gasteiger partial charge on any atom is 0.326 e. The van der Waals surface area contributed by atoms with Crippen molar-refractivity contribution >= 4 is 23.3 Å². The Morgan fingerprint density at radius 2 is 2.26 bits per heavy atom. The van der Waals surface area contributed by atoms with E-state index >= 15 is 0 Å². The Hall–Kier alpha value is -2.24. The number of fused-ring (bicyclic) bond motifs is 1. The van der Waals surface area contributed by atoms with Gasteiger partial charge in [0.2, 0.25) is 0 Å². The summed E-state index contributed by atoms with van der Waals surface area (Å²) in [6.45, 7) is 3.45. The molecule has 0 saturated carbocycles. The average molecular weight is 264 g/mol. The number of benzene rings is 1. The molecule has 6 heteroatoms. The summed E-state index contributed by atoms with van der Waals surface area (Å²) in [5, 5.41) is 0. The first-order chi connectivity index (χ1) is 9.04. The minimum atomic E-state index is -0.649. The largest absolute Gasteiger partial charge is 0.479 e. The van der Waals surface area contributed by atoms with Crippen LogP contribution < -0.4 is 15.4 Å². The lowest BCUT2D eigenvalue weighted by atomic mass is 10.1. The van der Waals surface area contributed by atoms with Crippen LogP contribution in [-0.4, -0.2) is 31.1 Å². The highest BCUT2D eigenvalue weighted by Gasteiger charge is 2.34. The molecule has 1 amide bonds. The summed E-state index contributed by atoms with van der Waals surface area (Å²) in [4.78, 5) is 25.0. The van der Waals surface area contributed by atoms with Gasteiger partial charge in [-0.2, -0.15) is 0 Å². The summed E-state index contributed by atoms with van der Waals surface area (Å²) in [6.07, 6.45) is -0.649. The molecule has 0 fully saturated rings. The molecule has 1 aromatic carbocycles. The first-order valence-corrected chi connectivity index (χ1v) is 6.06. The van der Waals surface area contributed by atoms with E-state index in [1.807, 2.05) is 0 Å². The van der Waals surface area contributed by atoms with Crippen molar-refractivity contribution in [3.8, 4) is 5.75 Å². The lowest BCUT2D eigenvalue weighted by Gasteiger charge is -2.33. The smallest absolute Gasteiger partial charge is 0.326 e. The molecule has 0 spiro atoms. The van der Waals surface area contributed by atoms with Gasteiger partial charge in [0.15, 0.2) is 6.10 Å². The van der Waals surface area contributed by atoms with Gasteiger partial charge in [0, 0.05) is 0 Å². The van der Waals surface area contributed by atoms with Crippen LogP contribution in [-0.2, 0) is 14.3 Å². The van der Waals surface area contributed by atoms with Crippen LogP contribution in [0.3, 0.4) is 0 Å². The number of nitrogen functional groups attached to an aromatic ring is 1. The van der Waals surface area contributed by atoms with Crippen LogP contribution in [0.25, 0.3) is 0 Å². The molecule has 1 aliphatic rings. The second-order valence-electron chi connectivity index (χ2n) is 4.18. The zero-order valence-corrected chi connectivity index (χ0v) is 10.9. The first-order valence-electron chi connectivity index (χ1n) is 6.06. The fraction of sp³-hybridized carbons (Fsp3) is 0.385. The van der Waals surface area contributed by atoms with Crippen molar-refractivity contribution in [1.82, 2.24) is 0 Å². The van der Waals surface area contributed by atoms with Gasteiger partial charge in [-0.15, -0.1) is 0 Å². The predicted octanol–water partition coefficient (Wildman–Crippen LogP) is 0.946. The minimum Gasteiger partial charge on any atom is -0.479 e. The molecule has 1 unspecified atom stereocenters. The summed E-state index contributed by atoms with van der Waals surface area (Å²) >= 11 is 0. The lowest BCUT2D eigenvalue weighted by Crippen LogP contribution is -2.47. The number of carbonyl (C=O) groups excluding carboxylic acids is 2. The maximum absolute atomic E-state index is 12.1. The van der Waals surface area contributed by atoms with Crippen LogP contribution in [0.5, 0.6) is 5.75 Å². The van der Waals surface area contributed by atoms with Crippen LogP contribution in [0.15, 0.2) is 18.2 Å². The molecule has 1 atom stereocenters. The molecule has 0 aromatic heterocycles. The molecule has 1 heterocycles. The van der Waals surface area contributed by atoms with E-state index in [2.05, 4.69) is 0 Å². The summed E-state index contributed by atoms with van der Waals surface area (Å²) in [6, 6.07) is 5.11. The van der Waals surface area contributed by atoms with E-state index in [0.29, 0.717) is 17.1 Å². The van der Waals surface area contributed by atoms with Crippen molar-refractivity contribution in [1.29, 1.82) is 0 Å². The standard InChI is InChI=1S/C13H16N2O4/c1-3-18-11(16)7-15-12-9(14)5-4-6-10(12)19-8(2)13(15)17/h4-6,8H,3,7,14H2,1-2H3. The van der Waals surface area contributed by atoms with Gasteiger partial charge in [-0.25, -0.2) is 0 Å². The number of amides is 1. The molecular formula is C13H16N2O4. The van der Waals surface area contributed by atoms with Gasteiger partial charge in [-0.1, -0.05) is 6.07 Å². The average Bonchev–Trinajstić information content (AvgIpc) is 2.35. The zero-order chi connectivity index (χ0) is 14.0. The SMILES string of the molecule is CCOC(=O)CN1C(=O)C(C)Oc2cccc(N)c21. The quantitative estimate of drug-likeness (QED) is 0.649. The fourth-order valence-corrected chi connectivity index (χ4v) is 1.99. The van der Waals surface area contributed by atoms with Crippen molar-refractivity contribution in [2.75, 3.05) is 23.8 Å². The molecule has 102 valence electrons. The van der Waals surface area contributed by atoms with Crippen LogP contribution in [0.1, 0.15) is 13.8 Å². The van der Waals surface area contributed by atoms with Crippen LogP contribution in [0.2, 0.25) is 0 Å². The van der Waals surface area contributed by atoms with Crippen molar-refractivity contribution < 1.29 is 19.1 Å². The normalized spacial score (nSPS) is 17.7. The molecule has 2 N–H and O–H groups in total. The van der Waals surface area contributed by atoms with Gasteiger partial charge in [-0.3, -0.25) is 14.5 Å². The van der Waals surface area contributed by atoms with Gasteiger partial charge in [0.05, 0.1) is 12.3 Å². The van der Waals surface area contributed by atoms with E-state index < -0.39 is 12.1 Å². The van der Waals surface area contributed by atoms with Gasteiger partial charge in [0.25, 0.3) is 5.91 Å². The summed E-state index contributed by atoms with van der Waals surface area (Å²) in [5.41, 5.74) is 6.68. The number of nitrogens with two attached hydrogens (primary N) is 1.